The molecule has 1 aliphatic rings. The van der Waals surface area contributed by atoms with E-state index in [1.807, 2.05) is 42.7 Å². The molecular weight excluding hydrogens is 484 g/mol. The lowest BCUT2D eigenvalue weighted by Gasteiger charge is -2.21. The van der Waals surface area contributed by atoms with E-state index in [9.17, 15) is 9.18 Å². The molecule has 1 fully saturated rings. The fourth-order valence-electron chi connectivity index (χ4n) is 3.40. The molecule has 8 heteroatoms. The number of hydrogen-bond acceptors (Lipinski definition) is 3. The topological polar surface area (TPSA) is 60.0 Å². The summed E-state index contributed by atoms with van der Waals surface area (Å²) in [5.41, 5.74) is 1.48. The van der Waals surface area contributed by atoms with E-state index in [-0.39, 0.29) is 35.7 Å². The number of guanidine groups is 1. The molecule has 1 amide bonds. The van der Waals surface area contributed by atoms with Crippen LogP contribution >= 0.6 is 24.0 Å². The maximum absolute atomic E-state index is 14.4. The molecule has 2 N–H and O–H groups in total. The monoisotopic (exact) mass is 519 g/mol. The van der Waals surface area contributed by atoms with Gasteiger partial charge in [0.1, 0.15) is 5.82 Å². The zero-order valence-corrected chi connectivity index (χ0v) is 20.2. The van der Waals surface area contributed by atoms with Crippen molar-refractivity contribution in [3.8, 4) is 0 Å². The van der Waals surface area contributed by atoms with Crippen LogP contribution < -0.4 is 15.5 Å². The van der Waals surface area contributed by atoms with Crippen molar-refractivity contribution in [2.75, 3.05) is 44.2 Å². The summed E-state index contributed by atoms with van der Waals surface area (Å²) in [5, 5.41) is 6.50. The summed E-state index contributed by atoms with van der Waals surface area (Å²) < 4.78 is 14.4. The highest BCUT2D eigenvalue weighted by molar-refractivity contribution is 14.0. The number of nitrogens with zero attached hydrogens (tertiary/aromatic N) is 3. The Morgan fingerprint density at radius 2 is 2.00 bits per heavy atom. The molecule has 0 aromatic heterocycles. The largest absolute Gasteiger partial charge is 0.370 e. The molecule has 164 valence electrons. The van der Waals surface area contributed by atoms with Crippen molar-refractivity contribution in [2.45, 2.75) is 46.6 Å². The Morgan fingerprint density at radius 3 is 2.59 bits per heavy atom. The molecule has 0 atom stereocenters. The van der Waals surface area contributed by atoms with Crippen molar-refractivity contribution in [1.82, 2.24) is 15.5 Å². The molecule has 0 aliphatic carbocycles. The molecular formula is C21H35FIN5O. The van der Waals surface area contributed by atoms with Gasteiger partial charge in [0.15, 0.2) is 5.96 Å². The Labute approximate surface area is 191 Å². The highest BCUT2D eigenvalue weighted by atomic mass is 127. The SMILES string of the molecule is CCNC(=NCc1ccc(N(CC)CC)c(F)c1)NCCCN1CCCC1=O.I. The third-order valence-corrected chi connectivity index (χ3v) is 4.95. The van der Waals surface area contributed by atoms with Gasteiger partial charge in [-0.15, -0.1) is 24.0 Å². The summed E-state index contributed by atoms with van der Waals surface area (Å²) in [5.74, 6) is 0.767. The maximum Gasteiger partial charge on any atom is 0.222 e. The Kier molecular flexibility index (Phi) is 11.9. The van der Waals surface area contributed by atoms with Crippen molar-refractivity contribution < 1.29 is 9.18 Å². The molecule has 1 aliphatic heterocycles. The van der Waals surface area contributed by atoms with Gasteiger partial charge in [0.25, 0.3) is 0 Å². The number of halogens is 2. The van der Waals surface area contributed by atoms with Gasteiger partial charge in [0.05, 0.1) is 12.2 Å². The van der Waals surface area contributed by atoms with E-state index < -0.39 is 0 Å². The van der Waals surface area contributed by atoms with Crippen LogP contribution in [0.25, 0.3) is 0 Å². The first kappa shape index (κ1) is 25.5. The standard InChI is InChI=1S/C21H34FN5O.HI/c1-4-23-21(24-12-8-14-27-13-7-9-20(27)28)25-16-17-10-11-19(18(22)15-17)26(5-2)6-3;/h10-11,15H,4-9,12-14,16H2,1-3H3,(H2,23,24,25);1H. The molecule has 0 spiro atoms. The van der Waals surface area contributed by atoms with Gasteiger partial charge >= 0.3 is 0 Å². The second-order valence-corrected chi connectivity index (χ2v) is 6.92. The minimum Gasteiger partial charge on any atom is -0.370 e. The van der Waals surface area contributed by atoms with E-state index in [0.717, 1.165) is 57.7 Å². The quantitative estimate of drug-likeness (QED) is 0.216. The first-order valence-corrected chi connectivity index (χ1v) is 10.4. The Hall–Kier alpha value is -1.58. The van der Waals surface area contributed by atoms with Crippen LogP contribution in [0.4, 0.5) is 10.1 Å². The first-order chi connectivity index (χ1) is 13.6. The zero-order chi connectivity index (χ0) is 20.4. The van der Waals surface area contributed by atoms with E-state index in [0.29, 0.717) is 24.6 Å². The van der Waals surface area contributed by atoms with E-state index in [2.05, 4.69) is 15.6 Å². The molecule has 6 nitrogen and oxygen atoms in total. The summed E-state index contributed by atoms with van der Waals surface area (Å²) in [6.07, 6.45) is 2.53. The fourth-order valence-corrected chi connectivity index (χ4v) is 3.40. The molecule has 0 saturated carbocycles. The summed E-state index contributed by atoms with van der Waals surface area (Å²) in [4.78, 5) is 20.1. The maximum atomic E-state index is 14.4. The number of benzene rings is 1. The number of nitrogens with one attached hydrogen (secondary N) is 2. The zero-order valence-electron chi connectivity index (χ0n) is 17.8. The molecule has 29 heavy (non-hydrogen) atoms. The van der Waals surface area contributed by atoms with E-state index >= 15 is 0 Å². The van der Waals surface area contributed by atoms with Crippen LogP contribution in [0.15, 0.2) is 23.2 Å². The van der Waals surface area contributed by atoms with Crippen LogP contribution in [-0.4, -0.2) is 56.0 Å². The van der Waals surface area contributed by atoms with Crippen LogP contribution in [-0.2, 0) is 11.3 Å². The molecule has 1 aromatic rings. The van der Waals surface area contributed by atoms with Crippen LogP contribution in [0, 0.1) is 5.82 Å². The second kappa shape index (κ2) is 13.6. The summed E-state index contributed by atoms with van der Waals surface area (Å²) >= 11 is 0. The highest BCUT2D eigenvalue weighted by Gasteiger charge is 2.18. The van der Waals surface area contributed by atoms with Gasteiger partial charge < -0.3 is 20.4 Å². The molecule has 0 unspecified atom stereocenters. The summed E-state index contributed by atoms with van der Waals surface area (Å²) in [6, 6.07) is 5.34. The van der Waals surface area contributed by atoms with Crippen molar-refractivity contribution in [3.05, 3.63) is 29.6 Å². The van der Waals surface area contributed by atoms with Gasteiger partial charge in [-0.05, 0) is 51.3 Å². The smallest absolute Gasteiger partial charge is 0.222 e. The highest BCUT2D eigenvalue weighted by Crippen LogP contribution is 2.20. The molecule has 0 bridgehead atoms. The third-order valence-electron chi connectivity index (χ3n) is 4.95. The number of anilines is 1. The van der Waals surface area contributed by atoms with Crippen molar-refractivity contribution >= 4 is 41.5 Å². The van der Waals surface area contributed by atoms with Gasteiger partial charge in [-0.3, -0.25) is 4.79 Å². The third kappa shape index (κ3) is 7.98. The Bertz CT molecular complexity index is 666. The van der Waals surface area contributed by atoms with Gasteiger partial charge in [0, 0.05) is 45.7 Å². The van der Waals surface area contributed by atoms with E-state index in [1.54, 1.807) is 6.07 Å². The van der Waals surface area contributed by atoms with E-state index in [1.165, 1.54) is 0 Å². The predicted molar refractivity (Wildman–Crippen MR) is 129 cm³/mol. The molecule has 0 radical (unpaired) electrons. The molecule has 1 heterocycles. The fraction of sp³-hybridized carbons (Fsp3) is 0.619. The normalized spacial score (nSPS) is 14.0. The van der Waals surface area contributed by atoms with Crippen molar-refractivity contribution in [3.63, 3.8) is 0 Å². The second-order valence-electron chi connectivity index (χ2n) is 6.92. The van der Waals surface area contributed by atoms with Crippen LogP contribution in [0.5, 0.6) is 0 Å². The minimum absolute atomic E-state index is 0. The number of likely N-dealkylation sites (tertiary alicyclic amines) is 1. The lowest BCUT2D eigenvalue weighted by Crippen LogP contribution is -2.39. The Balaban J connectivity index is 0.00000420. The Morgan fingerprint density at radius 1 is 1.24 bits per heavy atom. The first-order valence-electron chi connectivity index (χ1n) is 10.4. The number of aliphatic imine (C=N–C) groups is 1. The van der Waals surface area contributed by atoms with Crippen LogP contribution in [0.1, 0.15) is 45.6 Å². The van der Waals surface area contributed by atoms with E-state index in [4.69, 9.17) is 0 Å². The van der Waals surface area contributed by atoms with Crippen molar-refractivity contribution in [1.29, 1.82) is 0 Å². The van der Waals surface area contributed by atoms with Gasteiger partial charge in [-0.2, -0.15) is 0 Å². The average molecular weight is 519 g/mol. The summed E-state index contributed by atoms with van der Waals surface area (Å²) in [7, 11) is 0. The number of carbonyl (C=O) groups is 1. The van der Waals surface area contributed by atoms with Crippen LogP contribution in [0.2, 0.25) is 0 Å². The van der Waals surface area contributed by atoms with Gasteiger partial charge in [0.2, 0.25) is 5.91 Å². The number of amides is 1. The predicted octanol–water partition coefficient (Wildman–Crippen LogP) is 3.36. The lowest BCUT2D eigenvalue weighted by molar-refractivity contribution is -0.127. The van der Waals surface area contributed by atoms with Gasteiger partial charge in [-0.1, -0.05) is 6.07 Å². The molecule has 2 rings (SSSR count). The van der Waals surface area contributed by atoms with Crippen LogP contribution in [0.3, 0.4) is 0 Å². The number of carbonyl (C=O) groups excluding carboxylic acids is 1. The number of hydrogen-bond donors (Lipinski definition) is 2. The minimum atomic E-state index is -0.204. The average Bonchev–Trinajstić information content (AvgIpc) is 3.10. The number of rotatable bonds is 10. The molecule has 1 aromatic carbocycles. The molecule has 1 saturated heterocycles. The van der Waals surface area contributed by atoms with Crippen molar-refractivity contribution in [2.24, 2.45) is 4.99 Å². The lowest BCUT2D eigenvalue weighted by atomic mass is 10.2. The summed E-state index contributed by atoms with van der Waals surface area (Å²) in [6.45, 7) is 11.2. The van der Waals surface area contributed by atoms with Gasteiger partial charge in [-0.25, -0.2) is 9.38 Å².